The molecule has 0 aromatic heterocycles. The molecule has 7 nitrogen and oxygen atoms in total. The molecule has 0 aliphatic heterocycles. The number of rotatable bonds is 4. The molecule has 1 aromatic carbocycles. The molecule has 0 spiro atoms. The smallest absolute Gasteiger partial charge is 0.270 e. The maximum Gasteiger partial charge on any atom is 0.270 e. The van der Waals surface area contributed by atoms with Gasteiger partial charge in [0.1, 0.15) is 18.9 Å². The van der Waals surface area contributed by atoms with E-state index in [1.165, 1.54) is 6.92 Å². The summed E-state index contributed by atoms with van der Waals surface area (Å²) in [5, 5.41) is 27.9. The summed E-state index contributed by atoms with van der Waals surface area (Å²) in [7, 11) is 0. The van der Waals surface area contributed by atoms with E-state index in [2.05, 4.69) is 0 Å². The van der Waals surface area contributed by atoms with E-state index in [4.69, 9.17) is 10.5 Å². The number of nitriles is 2. The number of nitrogens with zero attached hydrogens (tertiary/aromatic N) is 4. The fourth-order valence-electron chi connectivity index (χ4n) is 1.55. The fourth-order valence-corrected chi connectivity index (χ4v) is 1.55. The lowest BCUT2D eigenvalue weighted by Crippen LogP contribution is -2.32. The number of carbonyl (C=O) groups is 1. The molecule has 0 N–H and O–H groups in total. The lowest BCUT2D eigenvalue weighted by atomic mass is 10.1. The Bertz CT molecular complexity index is 629. The van der Waals surface area contributed by atoms with Crippen LogP contribution in [0.15, 0.2) is 12.1 Å². The van der Waals surface area contributed by atoms with Crippen molar-refractivity contribution in [2.24, 2.45) is 0 Å². The predicted octanol–water partition coefficient (Wildman–Crippen LogP) is 1.53. The lowest BCUT2D eigenvalue weighted by molar-refractivity contribution is -0.385. The van der Waals surface area contributed by atoms with Gasteiger partial charge in [-0.3, -0.25) is 14.9 Å². The topological polar surface area (TPSA) is 111 Å². The minimum atomic E-state index is -0.933. The number of halogens is 1. The number of nitro groups is 1. The molecule has 0 saturated carbocycles. The van der Waals surface area contributed by atoms with Crippen LogP contribution in [0.5, 0.6) is 0 Å². The highest BCUT2D eigenvalue weighted by Crippen LogP contribution is 2.22. The number of aryl methyl sites for hydroxylation is 1. The first-order chi connectivity index (χ1) is 9.42. The Labute approximate surface area is 113 Å². The van der Waals surface area contributed by atoms with E-state index < -0.39 is 41.0 Å². The summed E-state index contributed by atoms with van der Waals surface area (Å²) in [6.07, 6.45) is 0. The molecule has 0 aliphatic carbocycles. The number of carbonyl (C=O) groups excluding carboxylic acids is 1. The van der Waals surface area contributed by atoms with E-state index in [0.717, 1.165) is 17.0 Å². The first-order valence-corrected chi connectivity index (χ1v) is 5.40. The van der Waals surface area contributed by atoms with E-state index in [0.29, 0.717) is 0 Å². The minimum Gasteiger partial charge on any atom is -0.312 e. The maximum absolute atomic E-state index is 13.9. The van der Waals surface area contributed by atoms with Crippen LogP contribution in [0.25, 0.3) is 0 Å². The van der Waals surface area contributed by atoms with Crippen LogP contribution >= 0.6 is 0 Å². The van der Waals surface area contributed by atoms with Gasteiger partial charge in [-0.15, -0.1) is 0 Å². The van der Waals surface area contributed by atoms with Gasteiger partial charge in [0, 0.05) is 12.1 Å². The largest absolute Gasteiger partial charge is 0.312 e. The average molecular weight is 276 g/mol. The highest BCUT2D eigenvalue weighted by atomic mass is 19.1. The number of benzene rings is 1. The molecule has 0 radical (unpaired) electrons. The normalized spacial score (nSPS) is 9.40. The Hall–Kier alpha value is -3.00. The molecule has 0 saturated heterocycles. The Morgan fingerprint density at radius 2 is 1.95 bits per heavy atom. The van der Waals surface area contributed by atoms with Crippen molar-refractivity contribution in [1.82, 2.24) is 4.90 Å². The van der Waals surface area contributed by atoms with Crippen molar-refractivity contribution in [3.05, 3.63) is 39.2 Å². The maximum atomic E-state index is 13.9. The third-order valence-electron chi connectivity index (χ3n) is 2.49. The van der Waals surface area contributed by atoms with Crippen molar-refractivity contribution in [2.75, 3.05) is 13.1 Å². The van der Waals surface area contributed by atoms with Crippen LogP contribution in [0.3, 0.4) is 0 Å². The zero-order valence-corrected chi connectivity index (χ0v) is 10.5. The van der Waals surface area contributed by atoms with Crippen molar-refractivity contribution in [1.29, 1.82) is 10.5 Å². The number of nitro benzene ring substituents is 1. The standard InChI is InChI=1S/C12H9FN4O3/c1-8-6-9(17(19)20)7-10(11(8)13)12(18)16(4-2-14)5-3-15/h6-7H,4-5H2,1H3. The summed E-state index contributed by atoms with van der Waals surface area (Å²) < 4.78 is 13.9. The van der Waals surface area contributed by atoms with Crippen LogP contribution in [0, 0.1) is 45.5 Å². The Morgan fingerprint density at radius 1 is 1.40 bits per heavy atom. The molecule has 1 aromatic rings. The second kappa shape index (κ2) is 6.25. The molecule has 1 rings (SSSR count). The van der Waals surface area contributed by atoms with Gasteiger partial charge in [-0.05, 0) is 12.5 Å². The van der Waals surface area contributed by atoms with Crippen molar-refractivity contribution in [3.8, 4) is 12.1 Å². The van der Waals surface area contributed by atoms with Crippen LogP contribution in [-0.2, 0) is 0 Å². The van der Waals surface area contributed by atoms with Crippen molar-refractivity contribution >= 4 is 11.6 Å². The molecular formula is C12H9FN4O3. The summed E-state index contributed by atoms with van der Waals surface area (Å²) in [5.41, 5.74) is -1.01. The van der Waals surface area contributed by atoms with Crippen molar-refractivity contribution < 1.29 is 14.1 Å². The van der Waals surface area contributed by atoms with Crippen molar-refractivity contribution in [2.45, 2.75) is 6.92 Å². The van der Waals surface area contributed by atoms with Gasteiger partial charge < -0.3 is 4.90 Å². The summed E-state index contributed by atoms with van der Waals surface area (Å²) in [5.74, 6) is -1.83. The molecule has 102 valence electrons. The van der Waals surface area contributed by atoms with E-state index in [1.54, 1.807) is 12.1 Å². The van der Waals surface area contributed by atoms with Gasteiger partial charge in [0.2, 0.25) is 0 Å². The molecule has 0 fully saturated rings. The third-order valence-corrected chi connectivity index (χ3v) is 2.49. The summed E-state index contributed by atoms with van der Waals surface area (Å²) in [4.78, 5) is 22.8. The van der Waals surface area contributed by atoms with Crippen molar-refractivity contribution in [3.63, 3.8) is 0 Å². The minimum absolute atomic E-state index is 0.0589. The second-order valence-corrected chi connectivity index (χ2v) is 3.86. The summed E-state index contributed by atoms with van der Waals surface area (Å²) >= 11 is 0. The van der Waals surface area contributed by atoms with Gasteiger partial charge in [0.05, 0.1) is 22.6 Å². The molecule has 20 heavy (non-hydrogen) atoms. The van der Waals surface area contributed by atoms with E-state index in [1.807, 2.05) is 0 Å². The van der Waals surface area contributed by atoms with Gasteiger partial charge in [-0.25, -0.2) is 4.39 Å². The molecule has 0 atom stereocenters. The predicted molar refractivity (Wildman–Crippen MR) is 64.9 cm³/mol. The number of non-ortho nitro benzene ring substituents is 1. The molecule has 8 heteroatoms. The van der Waals surface area contributed by atoms with Gasteiger partial charge >= 0.3 is 0 Å². The molecule has 0 aliphatic rings. The van der Waals surface area contributed by atoms with Crippen LogP contribution in [0.4, 0.5) is 10.1 Å². The highest BCUT2D eigenvalue weighted by Gasteiger charge is 2.23. The van der Waals surface area contributed by atoms with Gasteiger partial charge in [0.25, 0.3) is 11.6 Å². The lowest BCUT2D eigenvalue weighted by Gasteiger charge is -2.16. The Balaban J connectivity index is 3.31. The Morgan fingerprint density at radius 3 is 2.40 bits per heavy atom. The van der Waals surface area contributed by atoms with E-state index in [9.17, 15) is 19.3 Å². The number of hydrogen-bond donors (Lipinski definition) is 0. The zero-order chi connectivity index (χ0) is 15.3. The van der Waals surface area contributed by atoms with Crippen LogP contribution < -0.4 is 0 Å². The molecule has 0 heterocycles. The zero-order valence-electron chi connectivity index (χ0n) is 10.5. The summed E-state index contributed by atoms with van der Waals surface area (Å²) in [6, 6.07) is 5.15. The molecular weight excluding hydrogens is 267 g/mol. The monoisotopic (exact) mass is 276 g/mol. The summed E-state index contributed by atoms with van der Waals surface area (Å²) in [6.45, 7) is 0.471. The number of amides is 1. The fraction of sp³-hybridized carbons (Fsp3) is 0.250. The van der Waals surface area contributed by atoms with Gasteiger partial charge in [-0.2, -0.15) is 10.5 Å². The molecule has 0 unspecified atom stereocenters. The number of hydrogen-bond acceptors (Lipinski definition) is 5. The third kappa shape index (κ3) is 3.06. The van der Waals surface area contributed by atoms with E-state index in [-0.39, 0.29) is 5.56 Å². The van der Waals surface area contributed by atoms with Crippen LogP contribution in [0.1, 0.15) is 15.9 Å². The quantitative estimate of drug-likeness (QED) is 0.470. The Kier molecular flexibility index (Phi) is 4.71. The van der Waals surface area contributed by atoms with Gasteiger partial charge in [0.15, 0.2) is 0 Å². The second-order valence-electron chi connectivity index (χ2n) is 3.86. The average Bonchev–Trinajstić information content (AvgIpc) is 2.40. The van der Waals surface area contributed by atoms with Gasteiger partial charge in [-0.1, -0.05) is 0 Å². The van der Waals surface area contributed by atoms with Crippen LogP contribution in [-0.4, -0.2) is 28.8 Å². The molecule has 0 bridgehead atoms. The van der Waals surface area contributed by atoms with Crippen LogP contribution in [0.2, 0.25) is 0 Å². The first kappa shape index (κ1) is 15.1. The first-order valence-electron chi connectivity index (χ1n) is 5.40. The molecule has 1 amide bonds. The SMILES string of the molecule is Cc1cc([N+](=O)[O-])cc(C(=O)N(CC#N)CC#N)c1F. The van der Waals surface area contributed by atoms with E-state index >= 15 is 0 Å². The highest BCUT2D eigenvalue weighted by molar-refractivity contribution is 5.95.